The maximum atomic E-state index is 13.6. The number of nitrogens with one attached hydrogen (secondary N) is 2. The molecule has 0 atom stereocenters. The van der Waals surface area contributed by atoms with Crippen molar-refractivity contribution in [3.63, 3.8) is 0 Å². The molecule has 0 unspecified atom stereocenters. The van der Waals surface area contributed by atoms with Crippen molar-refractivity contribution < 1.29 is 22.4 Å². The van der Waals surface area contributed by atoms with Crippen LogP contribution < -0.4 is 10.6 Å². The van der Waals surface area contributed by atoms with Crippen molar-refractivity contribution in [3.05, 3.63) is 65.0 Å². The van der Waals surface area contributed by atoms with Gasteiger partial charge in [-0.3, -0.25) is 0 Å². The van der Waals surface area contributed by atoms with Crippen LogP contribution in [-0.4, -0.2) is 6.03 Å². The summed E-state index contributed by atoms with van der Waals surface area (Å²) in [4.78, 5) is 11.8. The van der Waals surface area contributed by atoms with Crippen LogP contribution in [-0.2, 0) is 19.1 Å². The molecule has 0 aromatic heterocycles. The molecular formula is C17H16F4N2O. The monoisotopic (exact) mass is 340 g/mol. The van der Waals surface area contributed by atoms with Gasteiger partial charge in [-0.25, -0.2) is 9.18 Å². The Morgan fingerprint density at radius 1 is 1.08 bits per heavy atom. The average Bonchev–Trinajstić information content (AvgIpc) is 2.53. The summed E-state index contributed by atoms with van der Waals surface area (Å²) in [7, 11) is 0. The predicted molar refractivity (Wildman–Crippen MR) is 83.1 cm³/mol. The summed E-state index contributed by atoms with van der Waals surface area (Å²) in [5.41, 5.74) is 0.443. The van der Waals surface area contributed by atoms with E-state index in [1.165, 1.54) is 0 Å². The van der Waals surface area contributed by atoms with Crippen LogP contribution in [0.15, 0.2) is 42.5 Å². The lowest BCUT2D eigenvalue weighted by Crippen LogP contribution is -2.28. The molecule has 0 aliphatic carbocycles. The Morgan fingerprint density at radius 3 is 2.33 bits per heavy atom. The summed E-state index contributed by atoms with van der Waals surface area (Å²) in [6.45, 7) is 1.65. The smallest absolute Gasteiger partial charge is 0.334 e. The van der Waals surface area contributed by atoms with Gasteiger partial charge in [-0.2, -0.15) is 13.2 Å². The second-order valence-corrected chi connectivity index (χ2v) is 5.16. The first-order valence-corrected chi connectivity index (χ1v) is 7.29. The van der Waals surface area contributed by atoms with Crippen molar-refractivity contribution in [2.24, 2.45) is 0 Å². The van der Waals surface area contributed by atoms with Crippen LogP contribution in [0, 0.1) is 5.82 Å². The first kappa shape index (κ1) is 17.8. The van der Waals surface area contributed by atoms with E-state index in [0.29, 0.717) is 17.8 Å². The van der Waals surface area contributed by atoms with Gasteiger partial charge in [-0.15, -0.1) is 0 Å². The van der Waals surface area contributed by atoms with Crippen LogP contribution in [0.4, 0.5) is 28.0 Å². The molecule has 0 fully saturated rings. The van der Waals surface area contributed by atoms with E-state index in [4.69, 9.17) is 0 Å². The van der Waals surface area contributed by atoms with Crippen LogP contribution in [0.1, 0.15) is 23.6 Å². The Labute approximate surface area is 136 Å². The molecule has 0 heterocycles. The average molecular weight is 340 g/mol. The molecule has 0 saturated heterocycles. The Hall–Kier alpha value is -2.57. The minimum Gasteiger partial charge on any atom is -0.334 e. The maximum Gasteiger partial charge on any atom is 0.416 e. The molecule has 2 rings (SSSR count). The number of anilines is 1. The molecular weight excluding hydrogens is 324 g/mol. The number of carbonyl (C=O) groups is 1. The minimum atomic E-state index is -4.56. The number of hydrogen-bond acceptors (Lipinski definition) is 1. The first-order valence-electron chi connectivity index (χ1n) is 7.29. The number of urea groups is 1. The van der Waals surface area contributed by atoms with E-state index >= 15 is 0 Å². The third-order valence-corrected chi connectivity index (χ3v) is 3.43. The Balaban J connectivity index is 1.98. The molecule has 3 nitrogen and oxygen atoms in total. The number of amides is 2. The van der Waals surface area contributed by atoms with Gasteiger partial charge in [-0.05, 0) is 42.3 Å². The molecule has 7 heteroatoms. The summed E-state index contributed by atoms with van der Waals surface area (Å²) in [6, 6.07) is 8.58. The molecule has 0 aliphatic heterocycles. The van der Waals surface area contributed by atoms with Gasteiger partial charge in [0, 0.05) is 17.8 Å². The van der Waals surface area contributed by atoms with Gasteiger partial charge < -0.3 is 10.6 Å². The second-order valence-electron chi connectivity index (χ2n) is 5.16. The summed E-state index contributed by atoms with van der Waals surface area (Å²) in [5, 5.41) is 4.87. The Kier molecular flexibility index (Phi) is 5.43. The fourth-order valence-electron chi connectivity index (χ4n) is 2.06. The van der Waals surface area contributed by atoms with Gasteiger partial charge in [0.25, 0.3) is 0 Å². The number of aryl methyl sites for hydroxylation is 1. The summed E-state index contributed by atoms with van der Waals surface area (Å²) < 4.78 is 51.5. The summed E-state index contributed by atoms with van der Waals surface area (Å²) in [6.07, 6.45) is -3.70. The van der Waals surface area contributed by atoms with Crippen LogP contribution in [0.3, 0.4) is 0 Å². The summed E-state index contributed by atoms with van der Waals surface area (Å²) in [5.74, 6) is -0.810. The van der Waals surface area contributed by atoms with Crippen molar-refractivity contribution in [2.45, 2.75) is 26.1 Å². The zero-order valence-corrected chi connectivity index (χ0v) is 12.9. The van der Waals surface area contributed by atoms with E-state index in [1.54, 1.807) is 12.1 Å². The molecule has 0 radical (unpaired) electrons. The van der Waals surface area contributed by atoms with Crippen LogP contribution in [0.5, 0.6) is 0 Å². The molecule has 2 amide bonds. The quantitative estimate of drug-likeness (QED) is 0.776. The fourth-order valence-corrected chi connectivity index (χ4v) is 2.06. The highest BCUT2D eigenvalue weighted by molar-refractivity contribution is 5.89. The predicted octanol–water partition coefficient (Wildman–Crippen LogP) is 4.73. The second kappa shape index (κ2) is 7.33. The number of rotatable bonds is 4. The highest BCUT2D eigenvalue weighted by Crippen LogP contribution is 2.30. The molecule has 0 bridgehead atoms. The number of alkyl halides is 3. The summed E-state index contributed by atoms with van der Waals surface area (Å²) >= 11 is 0. The highest BCUT2D eigenvalue weighted by Gasteiger charge is 2.31. The fraction of sp³-hybridized carbons (Fsp3) is 0.235. The van der Waals surface area contributed by atoms with Gasteiger partial charge in [0.15, 0.2) is 0 Å². The molecule has 0 spiro atoms. The van der Waals surface area contributed by atoms with Crippen molar-refractivity contribution in [1.82, 2.24) is 5.32 Å². The number of carbonyl (C=O) groups excluding carboxylic acids is 1. The zero-order valence-electron chi connectivity index (χ0n) is 12.9. The highest BCUT2D eigenvalue weighted by atomic mass is 19.4. The molecule has 2 N–H and O–H groups in total. The van der Waals surface area contributed by atoms with E-state index in [0.717, 1.165) is 18.1 Å². The lowest BCUT2D eigenvalue weighted by molar-refractivity contribution is -0.137. The van der Waals surface area contributed by atoms with Crippen molar-refractivity contribution >= 4 is 11.7 Å². The van der Waals surface area contributed by atoms with E-state index in [2.05, 4.69) is 10.6 Å². The van der Waals surface area contributed by atoms with Crippen LogP contribution >= 0.6 is 0 Å². The standard InChI is InChI=1S/C17H16F4N2O/c1-2-11-3-6-14(7-4-11)23-16(24)22-10-12-9-13(17(19,20)21)5-8-15(12)18/h3-9H,2,10H2,1H3,(H2,22,23,24). The van der Waals surface area contributed by atoms with Gasteiger partial charge >= 0.3 is 12.2 Å². The number of benzene rings is 2. The minimum absolute atomic E-state index is 0.235. The van der Waals surface area contributed by atoms with Crippen LogP contribution in [0.2, 0.25) is 0 Å². The first-order chi connectivity index (χ1) is 11.3. The Morgan fingerprint density at radius 2 is 1.75 bits per heavy atom. The van der Waals surface area contributed by atoms with Gasteiger partial charge in [0.05, 0.1) is 5.56 Å². The molecule has 2 aromatic rings. The lowest BCUT2D eigenvalue weighted by Gasteiger charge is -2.11. The zero-order chi connectivity index (χ0) is 17.7. The molecule has 2 aromatic carbocycles. The maximum absolute atomic E-state index is 13.6. The van der Waals surface area contributed by atoms with E-state index in [9.17, 15) is 22.4 Å². The molecule has 128 valence electrons. The molecule has 0 saturated carbocycles. The van der Waals surface area contributed by atoms with Gasteiger partial charge in [0.2, 0.25) is 0 Å². The Bertz CT molecular complexity index is 712. The van der Waals surface area contributed by atoms with Crippen molar-refractivity contribution in [3.8, 4) is 0 Å². The van der Waals surface area contributed by atoms with Crippen LogP contribution in [0.25, 0.3) is 0 Å². The van der Waals surface area contributed by atoms with E-state index < -0.39 is 23.6 Å². The largest absolute Gasteiger partial charge is 0.416 e. The van der Waals surface area contributed by atoms with Crippen molar-refractivity contribution in [1.29, 1.82) is 0 Å². The third kappa shape index (κ3) is 4.71. The molecule has 0 aliphatic rings. The van der Waals surface area contributed by atoms with E-state index in [1.807, 2.05) is 19.1 Å². The molecule has 24 heavy (non-hydrogen) atoms. The normalized spacial score (nSPS) is 11.2. The number of hydrogen-bond donors (Lipinski definition) is 2. The SMILES string of the molecule is CCc1ccc(NC(=O)NCc2cc(C(F)(F)F)ccc2F)cc1. The van der Waals surface area contributed by atoms with Crippen molar-refractivity contribution in [2.75, 3.05) is 5.32 Å². The third-order valence-electron chi connectivity index (χ3n) is 3.43. The van der Waals surface area contributed by atoms with Gasteiger partial charge in [0.1, 0.15) is 5.82 Å². The van der Waals surface area contributed by atoms with Gasteiger partial charge in [-0.1, -0.05) is 19.1 Å². The number of halogens is 4. The topological polar surface area (TPSA) is 41.1 Å². The lowest BCUT2D eigenvalue weighted by atomic mass is 10.1. The van der Waals surface area contributed by atoms with E-state index in [-0.39, 0.29) is 12.1 Å².